The third kappa shape index (κ3) is 8.21. The van der Waals surface area contributed by atoms with Crippen molar-refractivity contribution in [3.05, 3.63) is 179 Å². The van der Waals surface area contributed by atoms with Gasteiger partial charge in [-0.1, -0.05) is 179 Å². The molecule has 0 heterocycles. The fraction of sp³-hybridized carbons (Fsp3) is 0.143. The summed E-state index contributed by atoms with van der Waals surface area (Å²) in [5.74, 6) is 0. The van der Waals surface area contributed by atoms with Gasteiger partial charge in [0.2, 0.25) is 0 Å². The van der Waals surface area contributed by atoms with Gasteiger partial charge in [-0.15, -0.1) is 0 Å². The topological polar surface area (TPSA) is 0 Å². The third-order valence-electron chi connectivity index (χ3n) is 7.56. The number of hydrogen-bond donors (Lipinski definition) is 0. The number of hydrogen-bond acceptors (Lipinski definition) is 0. The van der Waals surface area contributed by atoms with Crippen LogP contribution < -0.4 is 31.8 Å². The number of rotatable bonds is 6. The van der Waals surface area contributed by atoms with Crippen molar-refractivity contribution >= 4 is 47.7 Å². The van der Waals surface area contributed by atoms with Gasteiger partial charge >= 0.3 is 0 Å². The summed E-state index contributed by atoms with van der Waals surface area (Å²) in [7, 11) is -0.989. The average Bonchev–Trinajstić information content (AvgIpc) is 2.98. The van der Waals surface area contributed by atoms with Crippen LogP contribution in [0.5, 0.6) is 0 Å². The zero-order valence-corrected chi connectivity index (χ0v) is 28.5. The lowest BCUT2D eigenvalue weighted by atomic mass is 10.2. The molecule has 0 aliphatic rings. The molecule has 0 N–H and O–H groups in total. The van der Waals surface area contributed by atoms with Crippen molar-refractivity contribution in [3.63, 3.8) is 0 Å². The van der Waals surface area contributed by atoms with Crippen LogP contribution in [0.15, 0.2) is 146 Å². The SMILES string of the molecule is Cc1cccc(P(c2cccc(C)c2)c2cccc(C)c2)c1.Cc1cccc(P(c2cccc(C)c2)c2cccc(C)c2)c1. The largest absolute Gasteiger partial charge is 0.0613 e. The second-order valence-corrected chi connectivity index (χ2v) is 16.1. The standard InChI is InChI=1S/2C21H21P/c2*1-16-7-4-10-19(13-16)22(20-11-5-8-17(2)14-20)21-12-6-9-18(3)15-21/h2*4-15H,1-3H3. The highest BCUT2D eigenvalue weighted by molar-refractivity contribution is 7.80. The van der Waals surface area contributed by atoms with E-state index in [1.54, 1.807) is 0 Å². The molecule has 0 radical (unpaired) electrons. The van der Waals surface area contributed by atoms with E-state index in [2.05, 4.69) is 187 Å². The van der Waals surface area contributed by atoms with Crippen molar-refractivity contribution in [1.82, 2.24) is 0 Å². The highest BCUT2D eigenvalue weighted by Gasteiger charge is 2.18. The van der Waals surface area contributed by atoms with Gasteiger partial charge in [0.15, 0.2) is 0 Å². The summed E-state index contributed by atoms with van der Waals surface area (Å²) in [4.78, 5) is 0. The van der Waals surface area contributed by atoms with Crippen molar-refractivity contribution in [1.29, 1.82) is 0 Å². The van der Waals surface area contributed by atoms with Crippen molar-refractivity contribution in [2.24, 2.45) is 0 Å². The fourth-order valence-corrected chi connectivity index (χ4v) is 10.7. The van der Waals surface area contributed by atoms with E-state index < -0.39 is 15.8 Å². The minimum Gasteiger partial charge on any atom is -0.0613 e. The molecule has 0 saturated carbocycles. The van der Waals surface area contributed by atoms with E-state index >= 15 is 0 Å². The number of benzene rings is 6. The van der Waals surface area contributed by atoms with Gasteiger partial charge in [0.1, 0.15) is 0 Å². The molecule has 0 nitrogen and oxygen atoms in total. The van der Waals surface area contributed by atoms with Gasteiger partial charge in [0, 0.05) is 0 Å². The Labute approximate surface area is 267 Å². The van der Waals surface area contributed by atoms with Gasteiger partial charge in [0.05, 0.1) is 0 Å². The Balaban J connectivity index is 0.000000175. The molecule has 6 rings (SSSR count). The summed E-state index contributed by atoms with van der Waals surface area (Å²) >= 11 is 0. The van der Waals surface area contributed by atoms with Crippen LogP contribution in [-0.4, -0.2) is 0 Å². The summed E-state index contributed by atoms with van der Waals surface area (Å²) < 4.78 is 0. The van der Waals surface area contributed by atoms with Gasteiger partial charge in [-0.2, -0.15) is 0 Å². The summed E-state index contributed by atoms with van der Waals surface area (Å²) in [6.45, 7) is 13.0. The van der Waals surface area contributed by atoms with Crippen LogP contribution in [0, 0.1) is 41.5 Å². The molecule has 0 aromatic heterocycles. The lowest BCUT2D eigenvalue weighted by Gasteiger charge is -2.20. The van der Waals surface area contributed by atoms with E-state index in [4.69, 9.17) is 0 Å². The first-order valence-electron chi connectivity index (χ1n) is 15.3. The molecule has 44 heavy (non-hydrogen) atoms. The monoisotopic (exact) mass is 608 g/mol. The Bertz CT molecular complexity index is 1500. The summed E-state index contributed by atoms with van der Waals surface area (Å²) in [5, 5.41) is 8.53. The Morgan fingerprint density at radius 3 is 0.545 bits per heavy atom. The molecule has 0 spiro atoms. The summed E-state index contributed by atoms with van der Waals surface area (Å²) in [6, 6.07) is 53.6. The van der Waals surface area contributed by atoms with Crippen LogP contribution in [0.2, 0.25) is 0 Å². The highest BCUT2D eigenvalue weighted by Crippen LogP contribution is 2.34. The smallest absolute Gasteiger partial charge is 0.0134 e. The molecule has 0 aliphatic carbocycles. The van der Waals surface area contributed by atoms with Gasteiger partial charge in [-0.3, -0.25) is 0 Å². The van der Waals surface area contributed by atoms with E-state index in [0.717, 1.165) is 0 Å². The normalized spacial score (nSPS) is 10.9. The van der Waals surface area contributed by atoms with Crippen molar-refractivity contribution < 1.29 is 0 Å². The zero-order chi connectivity index (χ0) is 31.1. The first-order valence-corrected chi connectivity index (χ1v) is 18.0. The first kappa shape index (κ1) is 31.6. The van der Waals surface area contributed by atoms with Crippen LogP contribution >= 0.6 is 15.8 Å². The Kier molecular flexibility index (Phi) is 10.6. The molecular formula is C42H42P2. The van der Waals surface area contributed by atoms with Crippen molar-refractivity contribution in [3.8, 4) is 0 Å². The average molecular weight is 609 g/mol. The van der Waals surface area contributed by atoms with Gasteiger partial charge in [0.25, 0.3) is 0 Å². The van der Waals surface area contributed by atoms with E-state index in [9.17, 15) is 0 Å². The highest BCUT2D eigenvalue weighted by atomic mass is 31.1. The van der Waals surface area contributed by atoms with E-state index in [-0.39, 0.29) is 0 Å². The Morgan fingerprint density at radius 2 is 0.409 bits per heavy atom. The van der Waals surface area contributed by atoms with Crippen LogP contribution in [0.25, 0.3) is 0 Å². The van der Waals surface area contributed by atoms with Crippen LogP contribution in [0.3, 0.4) is 0 Å². The second-order valence-electron chi connectivity index (χ2n) is 11.7. The summed E-state index contributed by atoms with van der Waals surface area (Å²) in [5.41, 5.74) is 7.95. The molecule has 2 heteroatoms. The lowest BCUT2D eigenvalue weighted by Crippen LogP contribution is -2.21. The molecule has 220 valence electrons. The molecule has 0 bridgehead atoms. The molecule has 0 unspecified atom stereocenters. The van der Waals surface area contributed by atoms with E-state index in [0.29, 0.717) is 0 Å². The molecule has 0 amide bonds. The van der Waals surface area contributed by atoms with Crippen LogP contribution in [0.1, 0.15) is 33.4 Å². The molecule has 6 aromatic rings. The Morgan fingerprint density at radius 1 is 0.250 bits per heavy atom. The molecular weight excluding hydrogens is 566 g/mol. The van der Waals surface area contributed by atoms with Gasteiger partial charge in [-0.25, -0.2) is 0 Å². The molecule has 6 aromatic carbocycles. The van der Waals surface area contributed by atoms with Crippen molar-refractivity contribution in [2.75, 3.05) is 0 Å². The maximum absolute atomic E-state index is 2.33. The molecule has 0 atom stereocenters. The van der Waals surface area contributed by atoms with E-state index in [1.807, 2.05) is 0 Å². The summed E-state index contributed by atoms with van der Waals surface area (Å²) in [6.07, 6.45) is 0. The minimum atomic E-state index is -0.495. The molecule has 0 saturated heterocycles. The first-order chi connectivity index (χ1) is 21.3. The van der Waals surface area contributed by atoms with Crippen molar-refractivity contribution in [2.45, 2.75) is 41.5 Å². The van der Waals surface area contributed by atoms with E-state index in [1.165, 1.54) is 65.2 Å². The second kappa shape index (κ2) is 14.8. The third-order valence-corrected chi connectivity index (χ3v) is 12.3. The maximum Gasteiger partial charge on any atom is -0.0134 e. The predicted octanol–water partition coefficient (Wildman–Crippen LogP) is 8.74. The molecule has 0 aliphatic heterocycles. The van der Waals surface area contributed by atoms with Gasteiger partial charge in [-0.05, 0) is 89.2 Å². The van der Waals surface area contributed by atoms with Crippen LogP contribution in [0.4, 0.5) is 0 Å². The van der Waals surface area contributed by atoms with Crippen LogP contribution in [-0.2, 0) is 0 Å². The number of aryl methyl sites for hydroxylation is 6. The zero-order valence-electron chi connectivity index (χ0n) is 26.8. The Hall–Kier alpha value is -3.82. The lowest BCUT2D eigenvalue weighted by molar-refractivity contribution is 1.48. The maximum atomic E-state index is 2.33. The van der Waals surface area contributed by atoms with Gasteiger partial charge < -0.3 is 0 Å². The quantitative estimate of drug-likeness (QED) is 0.166. The minimum absolute atomic E-state index is 0.495. The molecule has 0 fully saturated rings. The predicted molar refractivity (Wildman–Crippen MR) is 199 cm³/mol. The fourth-order valence-electron chi connectivity index (χ4n) is 5.50.